The van der Waals surface area contributed by atoms with Crippen LogP contribution in [0.3, 0.4) is 0 Å². The van der Waals surface area contributed by atoms with E-state index in [2.05, 4.69) is 10.3 Å². The molecule has 0 spiro atoms. The number of hydrogen-bond acceptors (Lipinski definition) is 5. The Hall–Kier alpha value is -2.24. The van der Waals surface area contributed by atoms with E-state index in [0.717, 1.165) is 0 Å². The van der Waals surface area contributed by atoms with Crippen LogP contribution in [0.5, 0.6) is 0 Å². The predicted octanol–water partition coefficient (Wildman–Crippen LogP) is 1.29. The van der Waals surface area contributed by atoms with Gasteiger partial charge in [-0.05, 0) is 6.07 Å². The molecule has 0 amide bonds. The number of aliphatic imine (C=N–C) groups is 1. The Balaban J connectivity index is 2.51. The molecule has 0 radical (unpaired) electrons. The molecular weight excluding hydrogens is 198 g/mol. The average Bonchev–Trinajstić information content (AvgIpc) is 2.27. The zero-order chi connectivity index (χ0) is 10.8. The molecule has 1 aliphatic rings. The first-order valence-corrected chi connectivity index (χ1v) is 4.24. The van der Waals surface area contributed by atoms with Gasteiger partial charge in [0, 0.05) is 23.4 Å². The standard InChI is InChI=1S/C9H7N3O3/c13-4-9-7-3-6(12(14)15)1-2-8(7)10-5-11-9/h1-5,9H,(H,10,11). The summed E-state index contributed by atoms with van der Waals surface area (Å²) in [5.41, 5.74) is 1.16. The maximum absolute atomic E-state index is 10.7. The summed E-state index contributed by atoms with van der Waals surface area (Å²) in [7, 11) is 0. The smallest absolute Gasteiger partial charge is 0.269 e. The van der Waals surface area contributed by atoms with Gasteiger partial charge in [0.05, 0.1) is 11.3 Å². The van der Waals surface area contributed by atoms with Crippen molar-refractivity contribution in [1.82, 2.24) is 0 Å². The highest BCUT2D eigenvalue weighted by Crippen LogP contribution is 2.30. The van der Waals surface area contributed by atoms with Gasteiger partial charge in [-0.25, -0.2) is 0 Å². The third kappa shape index (κ3) is 1.56. The van der Waals surface area contributed by atoms with Gasteiger partial charge in [0.1, 0.15) is 12.3 Å². The van der Waals surface area contributed by atoms with Crippen molar-refractivity contribution in [2.75, 3.05) is 5.32 Å². The number of nitro groups is 1. The van der Waals surface area contributed by atoms with Gasteiger partial charge in [-0.1, -0.05) is 0 Å². The SMILES string of the molecule is O=CC1N=CNc2ccc([N+](=O)[O-])cc21. The van der Waals surface area contributed by atoms with E-state index in [1.807, 2.05) is 0 Å². The number of hydrogen-bond donors (Lipinski definition) is 1. The van der Waals surface area contributed by atoms with E-state index in [0.29, 0.717) is 17.5 Å². The molecule has 6 heteroatoms. The zero-order valence-electron chi connectivity index (χ0n) is 7.58. The Labute approximate surface area is 84.8 Å². The Kier molecular flexibility index (Phi) is 2.17. The molecule has 15 heavy (non-hydrogen) atoms. The first-order valence-electron chi connectivity index (χ1n) is 4.24. The Morgan fingerprint density at radius 1 is 1.53 bits per heavy atom. The summed E-state index contributed by atoms with van der Waals surface area (Å²) in [6.45, 7) is 0. The van der Waals surface area contributed by atoms with Crippen molar-refractivity contribution in [2.45, 2.75) is 6.04 Å². The van der Waals surface area contributed by atoms with Crippen molar-refractivity contribution >= 4 is 24.0 Å². The lowest BCUT2D eigenvalue weighted by Crippen LogP contribution is -2.11. The fourth-order valence-corrected chi connectivity index (χ4v) is 1.42. The van der Waals surface area contributed by atoms with E-state index in [-0.39, 0.29) is 5.69 Å². The molecule has 0 aliphatic carbocycles. The molecule has 1 unspecified atom stereocenters. The Morgan fingerprint density at radius 3 is 3.00 bits per heavy atom. The molecule has 76 valence electrons. The van der Waals surface area contributed by atoms with Gasteiger partial charge < -0.3 is 10.1 Å². The monoisotopic (exact) mass is 205 g/mol. The van der Waals surface area contributed by atoms with Crippen molar-refractivity contribution in [3.63, 3.8) is 0 Å². The van der Waals surface area contributed by atoms with Crippen LogP contribution in [0.15, 0.2) is 23.2 Å². The summed E-state index contributed by atoms with van der Waals surface area (Å²) in [6, 6.07) is 3.65. The van der Waals surface area contributed by atoms with Gasteiger partial charge >= 0.3 is 0 Å². The number of nitrogens with one attached hydrogen (secondary N) is 1. The normalized spacial score (nSPS) is 17.7. The number of non-ortho nitro benzene ring substituents is 1. The molecule has 2 rings (SSSR count). The first kappa shape index (κ1) is 9.32. The minimum Gasteiger partial charge on any atom is -0.346 e. The van der Waals surface area contributed by atoms with E-state index >= 15 is 0 Å². The lowest BCUT2D eigenvalue weighted by Gasteiger charge is -2.16. The number of carbonyl (C=O) groups is 1. The number of aldehydes is 1. The third-order valence-electron chi connectivity index (χ3n) is 2.15. The number of nitro benzene ring substituents is 1. The second-order valence-electron chi connectivity index (χ2n) is 3.03. The maximum atomic E-state index is 10.7. The molecule has 0 bridgehead atoms. The molecule has 0 saturated carbocycles. The van der Waals surface area contributed by atoms with Gasteiger partial charge in [-0.15, -0.1) is 0 Å². The Morgan fingerprint density at radius 2 is 2.33 bits per heavy atom. The molecule has 1 atom stereocenters. The molecule has 1 aromatic rings. The van der Waals surface area contributed by atoms with Crippen molar-refractivity contribution in [2.24, 2.45) is 4.99 Å². The van der Waals surface area contributed by atoms with Gasteiger partial charge in [0.2, 0.25) is 0 Å². The molecule has 0 saturated heterocycles. The highest BCUT2D eigenvalue weighted by Gasteiger charge is 2.19. The lowest BCUT2D eigenvalue weighted by atomic mass is 10.0. The summed E-state index contributed by atoms with van der Waals surface area (Å²) < 4.78 is 0. The van der Waals surface area contributed by atoms with Crippen LogP contribution in [-0.2, 0) is 4.79 Å². The fraction of sp³-hybridized carbons (Fsp3) is 0.111. The van der Waals surface area contributed by atoms with Crippen molar-refractivity contribution in [3.05, 3.63) is 33.9 Å². The molecule has 1 aromatic carbocycles. The summed E-state index contributed by atoms with van der Waals surface area (Å²) in [6.07, 6.45) is 2.06. The highest BCUT2D eigenvalue weighted by atomic mass is 16.6. The second-order valence-corrected chi connectivity index (χ2v) is 3.03. The minimum absolute atomic E-state index is 0.0421. The van der Waals surface area contributed by atoms with E-state index in [1.54, 1.807) is 6.07 Å². The number of rotatable bonds is 2. The molecular formula is C9H7N3O3. The largest absolute Gasteiger partial charge is 0.346 e. The van der Waals surface area contributed by atoms with Crippen molar-refractivity contribution in [3.8, 4) is 0 Å². The number of carbonyl (C=O) groups excluding carboxylic acids is 1. The third-order valence-corrected chi connectivity index (χ3v) is 2.15. The first-order chi connectivity index (χ1) is 7.22. The summed E-state index contributed by atoms with van der Waals surface area (Å²) in [5.74, 6) is 0. The van der Waals surface area contributed by atoms with E-state index in [1.165, 1.54) is 18.5 Å². The van der Waals surface area contributed by atoms with Crippen LogP contribution in [0, 0.1) is 10.1 Å². The van der Waals surface area contributed by atoms with Crippen molar-refractivity contribution < 1.29 is 9.72 Å². The number of benzene rings is 1. The summed E-state index contributed by atoms with van der Waals surface area (Å²) >= 11 is 0. The fourth-order valence-electron chi connectivity index (χ4n) is 1.42. The van der Waals surface area contributed by atoms with Crippen LogP contribution in [0.4, 0.5) is 11.4 Å². The van der Waals surface area contributed by atoms with E-state index in [4.69, 9.17) is 0 Å². The minimum atomic E-state index is -0.652. The molecule has 6 nitrogen and oxygen atoms in total. The number of fused-ring (bicyclic) bond motifs is 1. The van der Waals surface area contributed by atoms with Crippen LogP contribution < -0.4 is 5.32 Å². The van der Waals surface area contributed by atoms with Gasteiger partial charge in [0.25, 0.3) is 5.69 Å². The summed E-state index contributed by atoms with van der Waals surface area (Å²) in [5, 5.41) is 13.4. The number of nitrogens with zero attached hydrogens (tertiary/aromatic N) is 2. The maximum Gasteiger partial charge on any atom is 0.269 e. The highest BCUT2D eigenvalue weighted by molar-refractivity contribution is 5.85. The molecule has 1 N–H and O–H groups in total. The average molecular weight is 205 g/mol. The Bertz CT molecular complexity index is 456. The van der Waals surface area contributed by atoms with Crippen LogP contribution in [0.2, 0.25) is 0 Å². The lowest BCUT2D eigenvalue weighted by molar-refractivity contribution is -0.384. The van der Waals surface area contributed by atoms with E-state index in [9.17, 15) is 14.9 Å². The van der Waals surface area contributed by atoms with Gasteiger partial charge in [0.15, 0.2) is 0 Å². The zero-order valence-corrected chi connectivity index (χ0v) is 7.58. The topological polar surface area (TPSA) is 84.6 Å². The van der Waals surface area contributed by atoms with Gasteiger partial charge in [-0.2, -0.15) is 0 Å². The quantitative estimate of drug-likeness (QED) is 0.447. The van der Waals surface area contributed by atoms with Crippen LogP contribution in [-0.4, -0.2) is 17.5 Å². The van der Waals surface area contributed by atoms with E-state index < -0.39 is 11.0 Å². The van der Waals surface area contributed by atoms with Crippen LogP contribution >= 0.6 is 0 Å². The van der Waals surface area contributed by atoms with Crippen LogP contribution in [0.25, 0.3) is 0 Å². The molecule has 1 heterocycles. The predicted molar refractivity (Wildman–Crippen MR) is 54.0 cm³/mol. The van der Waals surface area contributed by atoms with Gasteiger partial charge in [-0.3, -0.25) is 15.1 Å². The molecule has 0 aromatic heterocycles. The molecule has 0 fully saturated rings. The second kappa shape index (κ2) is 3.49. The van der Waals surface area contributed by atoms with Crippen LogP contribution in [0.1, 0.15) is 11.6 Å². The molecule has 1 aliphatic heterocycles. The summed E-state index contributed by atoms with van der Waals surface area (Å²) in [4.78, 5) is 24.6. The van der Waals surface area contributed by atoms with Crippen molar-refractivity contribution in [1.29, 1.82) is 0 Å². The number of anilines is 1.